The zero-order valence-electron chi connectivity index (χ0n) is 4.70. The van der Waals surface area contributed by atoms with Crippen LogP contribution < -0.4 is 5.84 Å². The van der Waals surface area contributed by atoms with Crippen LogP contribution in [0.4, 0.5) is 0 Å². The second-order valence-electron chi connectivity index (χ2n) is 1.38. The van der Waals surface area contributed by atoms with Crippen molar-refractivity contribution in [3.05, 3.63) is 16.6 Å². The fourth-order valence-corrected chi connectivity index (χ4v) is 0.678. The molecule has 0 aliphatic heterocycles. The van der Waals surface area contributed by atoms with Crippen molar-refractivity contribution in [1.29, 1.82) is 0 Å². The van der Waals surface area contributed by atoms with Gasteiger partial charge in [-0.25, -0.2) is 4.98 Å². The molecule has 1 heterocycles. The Labute approximate surface area is 66.4 Å². The maximum atomic E-state index is 5.55. The van der Waals surface area contributed by atoms with Crippen LogP contribution in [0.25, 0.3) is 0 Å². The lowest BCUT2D eigenvalue weighted by molar-refractivity contribution is 0.766. The minimum atomic E-state index is 0.175. The lowest BCUT2D eigenvalue weighted by atomic mass is 10.9. The van der Waals surface area contributed by atoms with E-state index in [9.17, 15) is 0 Å². The Morgan fingerprint density at radius 3 is 2.70 bits per heavy atom. The van der Waals surface area contributed by atoms with Crippen molar-refractivity contribution >= 4 is 23.2 Å². The summed E-state index contributed by atoms with van der Waals surface area (Å²) in [4.78, 5) is 3.62. The highest BCUT2D eigenvalue weighted by atomic mass is 35.5. The Bertz CT molecular complexity index is 253. The molecule has 0 fully saturated rings. The third-order valence-electron chi connectivity index (χ3n) is 0.800. The third-order valence-corrected chi connectivity index (χ3v) is 1.53. The summed E-state index contributed by atoms with van der Waals surface area (Å²) in [6, 6.07) is 0. The molecule has 0 bridgehead atoms. The van der Waals surface area contributed by atoms with Crippen LogP contribution in [0.2, 0.25) is 10.3 Å². The maximum absolute atomic E-state index is 5.55. The van der Waals surface area contributed by atoms with Gasteiger partial charge in [0.1, 0.15) is 6.33 Å². The van der Waals surface area contributed by atoms with Gasteiger partial charge in [-0.15, -0.1) is 0 Å². The second-order valence-corrected chi connectivity index (χ2v) is 2.09. The van der Waals surface area contributed by atoms with E-state index in [0.29, 0.717) is 0 Å². The molecule has 0 spiro atoms. The molecule has 1 rings (SSSR count). The monoisotopic (exact) mass is 179 g/mol. The van der Waals surface area contributed by atoms with Crippen LogP contribution in [0.3, 0.4) is 0 Å². The Kier molecular flexibility index (Phi) is 2.08. The quantitative estimate of drug-likeness (QED) is 0.401. The summed E-state index contributed by atoms with van der Waals surface area (Å²) in [6.07, 6.45) is 1.31. The van der Waals surface area contributed by atoms with E-state index in [4.69, 9.17) is 29.0 Å². The van der Waals surface area contributed by atoms with Gasteiger partial charge in [-0.05, 0) is 5.22 Å². The summed E-state index contributed by atoms with van der Waals surface area (Å²) in [5.74, 6) is 4.75. The molecule has 7 heteroatoms. The van der Waals surface area contributed by atoms with Crippen LogP contribution in [0.15, 0.2) is 16.8 Å². The van der Waals surface area contributed by atoms with Gasteiger partial charge in [0.2, 0.25) is 0 Å². The largest absolute Gasteiger partial charge is 0.303 e. The molecular weight excluding hydrogens is 177 g/mol. The average molecular weight is 180 g/mol. The van der Waals surface area contributed by atoms with Gasteiger partial charge in [0.15, 0.2) is 10.3 Å². The van der Waals surface area contributed by atoms with E-state index >= 15 is 0 Å². The molecule has 54 valence electrons. The number of nitrogens with zero attached hydrogens (tertiary/aromatic N) is 4. The van der Waals surface area contributed by atoms with Crippen LogP contribution in [-0.4, -0.2) is 9.66 Å². The lowest BCUT2D eigenvalue weighted by Crippen LogP contribution is -1.86. The Morgan fingerprint density at radius 1 is 1.60 bits per heavy atom. The minimum Gasteiger partial charge on any atom is -0.303 e. The normalized spacial score (nSPS) is 11.0. The van der Waals surface area contributed by atoms with E-state index in [2.05, 4.69) is 15.4 Å². The predicted molar refractivity (Wildman–Crippen MR) is 36.7 cm³/mol. The van der Waals surface area contributed by atoms with Gasteiger partial charge in [0.25, 0.3) is 0 Å². The predicted octanol–water partition coefficient (Wildman–Crippen LogP) is 1.28. The molecule has 0 atom stereocenters. The van der Waals surface area contributed by atoms with E-state index in [0.717, 1.165) is 4.68 Å². The molecule has 1 aromatic rings. The number of hydrogen-bond donors (Lipinski definition) is 1. The molecule has 0 saturated carbocycles. The van der Waals surface area contributed by atoms with E-state index in [-0.39, 0.29) is 10.3 Å². The van der Waals surface area contributed by atoms with Gasteiger partial charge in [-0.3, -0.25) is 0 Å². The van der Waals surface area contributed by atoms with Gasteiger partial charge in [0, 0.05) is 0 Å². The van der Waals surface area contributed by atoms with Crippen molar-refractivity contribution < 1.29 is 0 Å². The lowest BCUT2D eigenvalue weighted by Gasteiger charge is -1.87. The third kappa shape index (κ3) is 1.19. The minimum absolute atomic E-state index is 0.175. The van der Waals surface area contributed by atoms with Gasteiger partial charge in [-0.1, -0.05) is 28.4 Å². The first-order chi connectivity index (χ1) is 4.75. The highest BCUT2D eigenvalue weighted by Gasteiger charge is 2.03. The first-order valence-electron chi connectivity index (χ1n) is 2.25. The standard InChI is InChI=1S/C3H3Cl2N5/c4-2-3(5)10(1-7-2)9-8-6/h1H,(H2,6,9). The number of aromatic nitrogens is 2. The summed E-state index contributed by atoms with van der Waals surface area (Å²) in [5.41, 5.74) is 0. The van der Waals surface area contributed by atoms with Crippen molar-refractivity contribution in [1.82, 2.24) is 9.66 Å². The number of imidazole rings is 1. The fourth-order valence-electron chi connectivity index (χ4n) is 0.422. The van der Waals surface area contributed by atoms with E-state index in [1.54, 1.807) is 0 Å². The molecular formula is C3H3Cl2N5. The first-order valence-corrected chi connectivity index (χ1v) is 3.01. The molecule has 0 aromatic carbocycles. The Balaban J connectivity index is 3.05. The maximum Gasteiger partial charge on any atom is 0.171 e. The van der Waals surface area contributed by atoms with Crippen LogP contribution in [0.1, 0.15) is 0 Å². The zero-order chi connectivity index (χ0) is 7.56. The van der Waals surface area contributed by atoms with Crippen molar-refractivity contribution in [2.45, 2.75) is 0 Å². The highest BCUT2D eigenvalue weighted by Crippen LogP contribution is 2.18. The number of rotatable bonds is 1. The van der Waals surface area contributed by atoms with Crippen LogP contribution in [0.5, 0.6) is 0 Å². The van der Waals surface area contributed by atoms with Gasteiger partial charge < -0.3 is 5.84 Å². The molecule has 10 heavy (non-hydrogen) atoms. The summed E-state index contributed by atoms with van der Waals surface area (Å²) in [6.45, 7) is 0. The molecule has 2 N–H and O–H groups in total. The molecule has 1 aromatic heterocycles. The van der Waals surface area contributed by atoms with Crippen molar-refractivity contribution in [3.63, 3.8) is 0 Å². The van der Waals surface area contributed by atoms with Crippen LogP contribution >= 0.6 is 23.2 Å². The Morgan fingerprint density at radius 2 is 2.30 bits per heavy atom. The number of hydrogen-bond acceptors (Lipinski definition) is 3. The molecule has 0 amide bonds. The molecule has 0 unspecified atom stereocenters. The summed E-state index contributed by atoms with van der Waals surface area (Å²) < 4.78 is 1.16. The number of halogens is 2. The Hall–Kier alpha value is -0.810. The van der Waals surface area contributed by atoms with E-state index in [1.807, 2.05) is 0 Å². The van der Waals surface area contributed by atoms with Gasteiger partial charge >= 0.3 is 0 Å². The average Bonchev–Trinajstić information content (AvgIpc) is 2.20. The molecule has 0 aliphatic rings. The van der Waals surface area contributed by atoms with Crippen molar-refractivity contribution in [3.8, 4) is 0 Å². The first kappa shape index (κ1) is 7.30. The summed E-state index contributed by atoms with van der Waals surface area (Å²) >= 11 is 11.0. The highest BCUT2D eigenvalue weighted by molar-refractivity contribution is 6.40. The van der Waals surface area contributed by atoms with Crippen LogP contribution in [0, 0.1) is 0 Å². The zero-order valence-corrected chi connectivity index (χ0v) is 6.21. The van der Waals surface area contributed by atoms with Crippen LogP contribution in [-0.2, 0) is 0 Å². The van der Waals surface area contributed by atoms with E-state index in [1.165, 1.54) is 6.33 Å². The molecule has 0 aliphatic carbocycles. The fraction of sp³-hybridized carbons (Fsp3) is 0. The topological polar surface area (TPSA) is 68.6 Å². The van der Waals surface area contributed by atoms with Crippen molar-refractivity contribution in [2.75, 3.05) is 0 Å². The van der Waals surface area contributed by atoms with Gasteiger partial charge in [0.05, 0.1) is 0 Å². The van der Waals surface area contributed by atoms with Crippen molar-refractivity contribution in [2.24, 2.45) is 16.3 Å². The number of nitrogens with two attached hydrogens (primary N) is 1. The van der Waals surface area contributed by atoms with E-state index < -0.39 is 0 Å². The molecule has 0 radical (unpaired) electrons. The second kappa shape index (κ2) is 2.85. The summed E-state index contributed by atoms with van der Waals surface area (Å²) in [7, 11) is 0. The molecule has 0 saturated heterocycles. The molecule has 5 nitrogen and oxygen atoms in total. The smallest absolute Gasteiger partial charge is 0.171 e. The summed E-state index contributed by atoms with van der Waals surface area (Å²) in [5, 5.41) is 6.72. The van der Waals surface area contributed by atoms with Gasteiger partial charge in [-0.2, -0.15) is 4.68 Å². The SMILES string of the molecule is NN=Nn1cnc(Cl)c1Cl.